The number of carbonyl (C=O) groups excluding carboxylic acids is 2. The summed E-state index contributed by atoms with van der Waals surface area (Å²) in [6, 6.07) is 11.8. The van der Waals surface area contributed by atoms with Crippen LogP contribution in [0, 0.1) is 0 Å². The molecule has 0 aromatic heterocycles. The van der Waals surface area contributed by atoms with Crippen LogP contribution in [0.5, 0.6) is 11.5 Å². The molecule has 0 spiro atoms. The second-order valence-electron chi connectivity index (χ2n) is 8.36. The first kappa shape index (κ1) is 23.6. The number of hydrogen-bond acceptors (Lipinski definition) is 7. The van der Waals surface area contributed by atoms with Crippen molar-refractivity contribution in [1.82, 2.24) is 4.90 Å². The number of methoxy groups -OCH3 is 1. The van der Waals surface area contributed by atoms with Crippen LogP contribution >= 0.6 is 0 Å². The summed E-state index contributed by atoms with van der Waals surface area (Å²) in [6.45, 7) is 4.33. The van der Waals surface area contributed by atoms with E-state index >= 15 is 0 Å². The summed E-state index contributed by atoms with van der Waals surface area (Å²) in [5.41, 5.74) is 2.00. The molecule has 0 bridgehead atoms. The van der Waals surface area contributed by atoms with E-state index in [2.05, 4.69) is 0 Å². The van der Waals surface area contributed by atoms with Gasteiger partial charge in [-0.15, -0.1) is 0 Å². The van der Waals surface area contributed by atoms with Gasteiger partial charge in [0.25, 0.3) is 11.7 Å². The highest BCUT2D eigenvalue weighted by molar-refractivity contribution is 6.46. The second kappa shape index (κ2) is 10.2. The van der Waals surface area contributed by atoms with Crippen molar-refractivity contribution in [3.63, 3.8) is 0 Å². The number of likely N-dealkylation sites (tertiary alicyclic amines) is 1. The molecule has 2 aromatic rings. The molecule has 0 radical (unpaired) electrons. The van der Waals surface area contributed by atoms with Crippen molar-refractivity contribution in [3.05, 3.63) is 59.2 Å². The molecule has 1 fully saturated rings. The van der Waals surface area contributed by atoms with Crippen molar-refractivity contribution >= 4 is 23.1 Å². The highest BCUT2D eigenvalue weighted by Gasteiger charge is 2.46. The molecule has 34 heavy (non-hydrogen) atoms. The fourth-order valence-corrected chi connectivity index (χ4v) is 4.29. The normalized spacial score (nSPS) is 19.2. The van der Waals surface area contributed by atoms with Crippen molar-refractivity contribution in [1.29, 1.82) is 0 Å². The SMILES string of the molecule is CCCOc1cccc(C2/C(=C(/O)c3ccc4c(c3)N(C)CCO4)C(=O)C(=O)N2CCOC)c1. The Morgan fingerprint density at radius 2 is 2.00 bits per heavy atom. The molecular formula is C26H30N2O6. The van der Waals surface area contributed by atoms with Crippen molar-refractivity contribution < 1.29 is 28.9 Å². The number of aliphatic hydroxyl groups excluding tert-OH is 1. The van der Waals surface area contributed by atoms with Crippen molar-refractivity contribution in [2.75, 3.05) is 52.0 Å². The number of aliphatic hydroxyl groups is 1. The van der Waals surface area contributed by atoms with Gasteiger partial charge in [0.15, 0.2) is 0 Å². The lowest BCUT2D eigenvalue weighted by Gasteiger charge is -2.28. The number of Topliss-reactive ketones (excluding diaryl/α,β-unsaturated/α-hetero) is 1. The molecule has 1 N–H and O–H groups in total. The molecule has 180 valence electrons. The number of nitrogens with zero attached hydrogens (tertiary/aromatic N) is 2. The number of likely N-dealkylation sites (N-methyl/N-ethyl adjacent to an activating group) is 1. The molecule has 2 heterocycles. The standard InChI is InChI=1S/C26H30N2O6/c1-4-12-33-19-7-5-6-17(15-19)23-22(25(30)26(31)28(23)11-13-32-3)24(29)18-8-9-21-20(16-18)27(2)10-14-34-21/h5-9,15-16,23,29H,4,10-14H2,1-3H3/b24-22-. The van der Waals surface area contributed by atoms with Crippen LogP contribution in [0.15, 0.2) is 48.0 Å². The van der Waals surface area contributed by atoms with E-state index in [4.69, 9.17) is 14.2 Å². The Bertz CT molecular complexity index is 1110. The van der Waals surface area contributed by atoms with Crippen LogP contribution < -0.4 is 14.4 Å². The third-order valence-electron chi connectivity index (χ3n) is 6.05. The van der Waals surface area contributed by atoms with E-state index in [1.165, 1.54) is 12.0 Å². The van der Waals surface area contributed by atoms with E-state index < -0.39 is 17.7 Å². The Morgan fingerprint density at radius 3 is 2.76 bits per heavy atom. The largest absolute Gasteiger partial charge is 0.507 e. The molecule has 1 amide bonds. The third kappa shape index (κ3) is 4.46. The Kier molecular flexibility index (Phi) is 7.07. The van der Waals surface area contributed by atoms with Crippen LogP contribution in [0.4, 0.5) is 5.69 Å². The highest BCUT2D eigenvalue weighted by Crippen LogP contribution is 2.41. The lowest BCUT2D eigenvalue weighted by molar-refractivity contribution is -0.140. The minimum Gasteiger partial charge on any atom is -0.507 e. The smallest absolute Gasteiger partial charge is 0.295 e. The molecule has 1 atom stereocenters. The Morgan fingerprint density at radius 1 is 1.18 bits per heavy atom. The monoisotopic (exact) mass is 466 g/mol. The number of benzene rings is 2. The van der Waals surface area contributed by atoms with Gasteiger partial charge in [0, 0.05) is 26.3 Å². The number of hydrogen-bond donors (Lipinski definition) is 1. The summed E-state index contributed by atoms with van der Waals surface area (Å²) >= 11 is 0. The molecule has 0 saturated carbocycles. The highest BCUT2D eigenvalue weighted by atomic mass is 16.5. The van der Waals surface area contributed by atoms with Gasteiger partial charge in [0.1, 0.15) is 23.9 Å². The minimum absolute atomic E-state index is 0.0491. The second-order valence-corrected chi connectivity index (χ2v) is 8.36. The maximum atomic E-state index is 13.2. The number of anilines is 1. The molecule has 0 aliphatic carbocycles. The average Bonchev–Trinajstić information content (AvgIpc) is 3.11. The lowest BCUT2D eigenvalue weighted by atomic mass is 9.95. The quantitative estimate of drug-likeness (QED) is 0.363. The zero-order valence-corrected chi connectivity index (χ0v) is 19.7. The van der Waals surface area contributed by atoms with Gasteiger partial charge in [0.2, 0.25) is 0 Å². The zero-order valence-electron chi connectivity index (χ0n) is 19.7. The Balaban J connectivity index is 1.82. The van der Waals surface area contributed by atoms with E-state index in [-0.39, 0.29) is 24.5 Å². The van der Waals surface area contributed by atoms with Crippen LogP contribution in [0.25, 0.3) is 5.76 Å². The molecule has 8 nitrogen and oxygen atoms in total. The Labute approximate surface area is 199 Å². The van der Waals surface area contributed by atoms with Crippen molar-refractivity contribution in [3.8, 4) is 11.5 Å². The number of fused-ring (bicyclic) bond motifs is 1. The fraction of sp³-hybridized carbons (Fsp3) is 0.385. The van der Waals surface area contributed by atoms with Gasteiger partial charge in [-0.3, -0.25) is 9.59 Å². The summed E-state index contributed by atoms with van der Waals surface area (Å²) in [6.07, 6.45) is 0.854. The summed E-state index contributed by atoms with van der Waals surface area (Å²) in [4.78, 5) is 29.6. The van der Waals surface area contributed by atoms with Crippen LogP contribution in [0.3, 0.4) is 0 Å². The first-order chi connectivity index (χ1) is 16.5. The number of ether oxygens (including phenoxy) is 3. The zero-order chi connectivity index (χ0) is 24.2. The lowest BCUT2D eigenvalue weighted by Crippen LogP contribution is -2.32. The molecule has 1 saturated heterocycles. The first-order valence-electron chi connectivity index (χ1n) is 11.4. The molecular weight excluding hydrogens is 436 g/mol. The number of ketones is 1. The van der Waals surface area contributed by atoms with E-state index in [9.17, 15) is 14.7 Å². The fourth-order valence-electron chi connectivity index (χ4n) is 4.29. The van der Waals surface area contributed by atoms with Gasteiger partial charge in [0.05, 0.1) is 37.1 Å². The molecule has 2 aromatic carbocycles. The number of amides is 1. The van der Waals surface area contributed by atoms with Crippen molar-refractivity contribution in [2.24, 2.45) is 0 Å². The molecule has 2 aliphatic rings. The van der Waals surface area contributed by atoms with Crippen LogP contribution in [-0.2, 0) is 14.3 Å². The van der Waals surface area contributed by atoms with E-state index in [0.29, 0.717) is 42.4 Å². The predicted octanol–water partition coefficient (Wildman–Crippen LogP) is 3.37. The summed E-state index contributed by atoms with van der Waals surface area (Å²) < 4.78 is 16.6. The van der Waals surface area contributed by atoms with Crippen LogP contribution in [0.1, 0.15) is 30.5 Å². The Hall–Kier alpha value is -3.52. The maximum Gasteiger partial charge on any atom is 0.295 e. The van der Waals surface area contributed by atoms with Gasteiger partial charge in [-0.25, -0.2) is 0 Å². The van der Waals surface area contributed by atoms with E-state index in [1.807, 2.05) is 43.1 Å². The topological polar surface area (TPSA) is 88.5 Å². The molecule has 1 unspecified atom stereocenters. The van der Waals surface area contributed by atoms with Gasteiger partial charge >= 0.3 is 0 Å². The van der Waals surface area contributed by atoms with Crippen LogP contribution in [0.2, 0.25) is 0 Å². The minimum atomic E-state index is -0.759. The molecule has 4 rings (SSSR count). The molecule has 8 heteroatoms. The summed E-state index contributed by atoms with van der Waals surface area (Å²) in [7, 11) is 3.48. The van der Waals surface area contributed by atoms with Crippen LogP contribution in [-0.4, -0.2) is 68.8 Å². The first-order valence-corrected chi connectivity index (χ1v) is 11.4. The summed E-state index contributed by atoms with van der Waals surface area (Å²) in [5, 5.41) is 11.3. The molecule has 2 aliphatic heterocycles. The number of rotatable bonds is 8. The maximum absolute atomic E-state index is 13.2. The summed E-state index contributed by atoms with van der Waals surface area (Å²) in [5.74, 6) is -0.250. The van der Waals surface area contributed by atoms with Gasteiger partial charge in [-0.2, -0.15) is 0 Å². The third-order valence-corrected chi connectivity index (χ3v) is 6.05. The van der Waals surface area contributed by atoms with Gasteiger partial charge < -0.3 is 29.1 Å². The predicted molar refractivity (Wildman–Crippen MR) is 128 cm³/mol. The number of carbonyl (C=O) groups is 2. The van der Waals surface area contributed by atoms with Crippen molar-refractivity contribution in [2.45, 2.75) is 19.4 Å². The van der Waals surface area contributed by atoms with E-state index in [0.717, 1.165) is 12.1 Å². The average molecular weight is 467 g/mol. The van der Waals surface area contributed by atoms with E-state index in [1.54, 1.807) is 18.2 Å². The van der Waals surface area contributed by atoms with Gasteiger partial charge in [-0.1, -0.05) is 19.1 Å². The van der Waals surface area contributed by atoms with Gasteiger partial charge in [-0.05, 0) is 42.3 Å².